The Morgan fingerprint density at radius 2 is 2.27 bits per heavy atom. The van der Waals surface area contributed by atoms with Gasteiger partial charge in [-0.1, -0.05) is 31.2 Å². The molecule has 0 radical (unpaired) electrons. The fraction of sp³-hybridized carbons (Fsp3) is 0.462. The smallest absolute Gasteiger partial charge is 0.0641 e. The third-order valence-corrected chi connectivity index (χ3v) is 3.21. The first-order valence-corrected chi connectivity index (χ1v) is 5.55. The van der Waals surface area contributed by atoms with Crippen molar-refractivity contribution in [2.75, 3.05) is 13.1 Å². The number of hydrogen-bond donors (Lipinski definition) is 0. The van der Waals surface area contributed by atoms with Crippen LogP contribution in [-0.4, -0.2) is 18.0 Å². The first-order valence-electron chi connectivity index (χ1n) is 5.55. The molecule has 0 fully saturated rings. The van der Waals surface area contributed by atoms with E-state index in [0.29, 0.717) is 12.5 Å². The zero-order chi connectivity index (χ0) is 10.7. The van der Waals surface area contributed by atoms with Gasteiger partial charge in [-0.05, 0) is 24.1 Å². The van der Waals surface area contributed by atoms with Gasteiger partial charge in [0.1, 0.15) is 0 Å². The van der Waals surface area contributed by atoms with Crippen LogP contribution >= 0.6 is 0 Å². The van der Waals surface area contributed by atoms with Crippen LogP contribution in [0.2, 0.25) is 0 Å². The molecule has 1 aliphatic rings. The average Bonchev–Trinajstić information content (AvgIpc) is 2.30. The van der Waals surface area contributed by atoms with E-state index in [1.165, 1.54) is 11.1 Å². The van der Waals surface area contributed by atoms with Gasteiger partial charge in [0, 0.05) is 12.6 Å². The summed E-state index contributed by atoms with van der Waals surface area (Å²) in [5.74, 6) is 0. The Morgan fingerprint density at radius 3 is 3.00 bits per heavy atom. The Balaban J connectivity index is 2.34. The summed E-state index contributed by atoms with van der Waals surface area (Å²) in [5.41, 5.74) is 2.77. The number of benzene rings is 1. The molecule has 1 unspecified atom stereocenters. The lowest BCUT2D eigenvalue weighted by Crippen LogP contribution is -2.35. The molecule has 15 heavy (non-hydrogen) atoms. The van der Waals surface area contributed by atoms with Gasteiger partial charge in [-0.15, -0.1) is 0 Å². The molecule has 0 aromatic heterocycles. The van der Waals surface area contributed by atoms with Gasteiger partial charge in [-0.25, -0.2) is 0 Å². The maximum Gasteiger partial charge on any atom is 0.0641 e. The summed E-state index contributed by atoms with van der Waals surface area (Å²) in [4.78, 5) is 2.39. The van der Waals surface area contributed by atoms with Crippen LogP contribution in [0.4, 0.5) is 0 Å². The van der Waals surface area contributed by atoms with Crippen molar-refractivity contribution < 1.29 is 0 Å². The highest BCUT2D eigenvalue weighted by Gasteiger charge is 2.25. The van der Waals surface area contributed by atoms with Crippen molar-refractivity contribution >= 4 is 0 Å². The van der Waals surface area contributed by atoms with Gasteiger partial charge in [0.15, 0.2) is 0 Å². The minimum Gasteiger partial charge on any atom is -0.295 e. The van der Waals surface area contributed by atoms with Crippen molar-refractivity contribution in [2.24, 2.45) is 0 Å². The molecule has 2 heteroatoms. The number of fused-ring (bicyclic) bond motifs is 1. The molecule has 78 valence electrons. The molecule has 0 spiro atoms. The van der Waals surface area contributed by atoms with E-state index in [2.05, 4.69) is 42.2 Å². The Labute approximate surface area is 91.1 Å². The molecule has 2 nitrogen and oxygen atoms in total. The summed E-state index contributed by atoms with van der Waals surface area (Å²) in [7, 11) is 0. The molecule has 0 amide bonds. The van der Waals surface area contributed by atoms with Crippen LogP contribution < -0.4 is 0 Å². The lowest BCUT2D eigenvalue weighted by Gasteiger charge is -2.35. The van der Waals surface area contributed by atoms with E-state index in [9.17, 15) is 0 Å². The summed E-state index contributed by atoms with van der Waals surface area (Å²) in [6.45, 7) is 4.28. The van der Waals surface area contributed by atoms with E-state index < -0.39 is 0 Å². The van der Waals surface area contributed by atoms with Crippen LogP contribution in [-0.2, 0) is 6.42 Å². The number of rotatable bonds is 2. The highest BCUT2D eigenvalue weighted by Crippen LogP contribution is 2.31. The van der Waals surface area contributed by atoms with Crippen LogP contribution in [0, 0.1) is 11.3 Å². The van der Waals surface area contributed by atoms with E-state index in [-0.39, 0.29) is 0 Å². The fourth-order valence-electron chi connectivity index (χ4n) is 2.41. The molecule has 0 aliphatic carbocycles. The van der Waals surface area contributed by atoms with Gasteiger partial charge in [0.2, 0.25) is 0 Å². The van der Waals surface area contributed by atoms with Gasteiger partial charge in [-0.2, -0.15) is 5.26 Å². The standard InChI is InChI=1S/C13H16N2/c1-2-15-10-8-11-5-3-4-6-12(11)13(15)7-9-14/h3-6,13H,2,7-8,10H2,1H3. The van der Waals surface area contributed by atoms with Crippen LogP contribution in [0.15, 0.2) is 24.3 Å². The normalized spacial score (nSPS) is 20.7. The predicted molar refractivity (Wildman–Crippen MR) is 60.4 cm³/mol. The molecule has 1 aromatic rings. The quantitative estimate of drug-likeness (QED) is 0.733. The third-order valence-electron chi connectivity index (χ3n) is 3.21. The van der Waals surface area contributed by atoms with Crippen LogP contribution in [0.1, 0.15) is 30.5 Å². The van der Waals surface area contributed by atoms with Crippen molar-refractivity contribution in [3.63, 3.8) is 0 Å². The molecule has 2 rings (SSSR count). The minimum atomic E-state index is 0.310. The van der Waals surface area contributed by atoms with Crippen molar-refractivity contribution in [1.82, 2.24) is 4.90 Å². The molecule has 1 heterocycles. The number of hydrogen-bond acceptors (Lipinski definition) is 2. The van der Waals surface area contributed by atoms with Crippen molar-refractivity contribution in [2.45, 2.75) is 25.8 Å². The Morgan fingerprint density at radius 1 is 1.47 bits per heavy atom. The first kappa shape index (κ1) is 10.2. The predicted octanol–water partition coefficient (Wildman–Crippen LogP) is 2.52. The second kappa shape index (κ2) is 4.46. The maximum absolute atomic E-state index is 8.88. The van der Waals surface area contributed by atoms with E-state index >= 15 is 0 Å². The minimum absolute atomic E-state index is 0.310. The zero-order valence-electron chi connectivity index (χ0n) is 9.11. The summed E-state index contributed by atoms with van der Waals surface area (Å²) >= 11 is 0. The Hall–Kier alpha value is -1.33. The van der Waals surface area contributed by atoms with E-state index in [1.807, 2.05) is 0 Å². The topological polar surface area (TPSA) is 27.0 Å². The van der Waals surface area contributed by atoms with Gasteiger partial charge >= 0.3 is 0 Å². The third kappa shape index (κ3) is 1.88. The lowest BCUT2D eigenvalue weighted by atomic mass is 9.91. The van der Waals surface area contributed by atoms with Crippen molar-refractivity contribution in [1.29, 1.82) is 5.26 Å². The molecule has 0 saturated carbocycles. The summed E-state index contributed by atoms with van der Waals surface area (Å²) < 4.78 is 0. The first-order chi connectivity index (χ1) is 7.36. The molecular formula is C13H16N2. The van der Waals surface area contributed by atoms with Gasteiger partial charge < -0.3 is 0 Å². The monoisotopic (exact) mass is 200 g/mol. The number of likely N-dealkylation sites (N-methyl/N-ethyl adjacent to an activating group) is 1. The summed E-state index contributed by atoms with van der Waals surface area (Å²) in [6.07, 6.45) is 1.72. The summed E-state index contributed by atoms with van der Waals surface area (Å²) in [5, 5.41) is 8.88. The van der Waals surface area contributed by atoms with E-state index in [0.717, 1.165) is 19.5 Å². The number of nitrogens with zero attached hydrogens (tertiary/aromatic N) is 2. The van der Waals surface area contributed by atoms with E-state index in [1.54, 1.807) is 0 Å². The van der Waals surface area contributed by atoms with Crippen molar-refractivity contribution in [3.05, 3.63) is 35.4 Å². The Kier molecular flexibility index (Phi) is 3.03. The lowest BCUT2D eigenvalue weighted by molar-refractivity contribution is 0.197. The molecular weight excluding hydrogens is 184 g/mol. The highest BCUT2D eigenvalue weighted by atomic mass is 15.2. The maximum atomic E-state index is 8.88. The second-order valence-electron chi connectivity index (χ2n) is 3.96. The van der Waals surface area contributed by atoms with Crippen LogP contribution in [0.3, 0.4) is 0 Å². The second-order valence-corrected chi connectivity index (χ2v) is 3.96. The molecule has 0 bridgehead atoms. The van der Waals surface area contributed by atoms with E-state index in [4.69, 9.17) is 5.26 Å². The molecule has 0 N–H and O–H groups in total. The largest absolute Gasteiger partial charge is 0.295 e. The fourth-order valence-corrected chi connectivity index (χ4v) is 2.41. The molecule has 1 aliphatic heterocycles. The average molecular weight is 200 g/mol. The van der Waals surface area contributed by atoms with Gasteiger partial charge in [-0.3, -0.25) is 4.90 Å². The van der Waals surface area contributed by atoms with Gasteiger partial charge in [0.25, 0.3) is 0 Å². The SMILES string of the molecule is CCN1CCc2ccccc2C1CC#N. The summed E-state index contributed by atoms with van der Waals surface area (Å²) in [6, 6.07) is 11.1. The molecule has 1 aromatic carbocycles. The molecule has 0 saturated heterocycles. The van der Waals surface area contributed by atoms with Crippen molar-refractivity contribution in [3.8, 4) is 6.07 Å². The van der Waals surface area contributed by atoms with Gasteiger partial charge in [0.05, 0.1) is 12.5 Å². The zero-order valence-corrected chi connectivity index (χ0v) is 9.11. The van der Waals surface area contributed by atoms with Crippen LogP contribution in [0.25, 0.3) is 0 Å². The highest BCUT2D eigenvalue weighted by molar-refractivity contribution is 5.33. The van der Waals surface area contributed by atoms with Crippen LogP contribution in [0.5, 0.6) is 0 Å². The Bertz CT molecular complexity index is 378. The molecule has 1 atom stereocenters. The number of nitriles is 1.